The van der Waals surface area contributed by atoms with Crippen LogP contribution < -0.4 is 20.4 Å². The van der Waals surface area contributed by atoms with Gasteiger partial charge in [-0.3, -0.25) is 24.2 Å². The van der Waals surface area contributed by atoms with Crippen LogP contribution in [0.15, 0.2) is 122 Å². The van der Waals surface area contributed by atoms with Crippen LogP contribution in [0, 0.1) is 6.92 Å². The number of benzene rings is 4. The van der Waals surface area contributed by atoms with Crippen molar-refractivity contribution in [1.82, 2.24) is 4.98 Å². The van der Waals surface area contributed by atoms with E-state index >= 15 is 0 Å². The number of para-hydroxylation sites is 2. The number of hydrogen-bond acceptors (Lipinski definition) is 5. The maximum Gasteiger partial charge on any atom is 0.258 e. The number of aromatic nitrogens is 1. The lowest BCUT2D eigenvalue weighted by molar-refractivity contribution is -0.121. The Morgan fingerprint density at radius 1 is 0.717 bits per heavy atom. The third kappa shape index (κ3) is 6.39. The maximum absolute atomic E-state index is 13.8. The van der Waals surface area contributed by atoms with E-state index < -0.39 is 0 Å². The van der Waals surface area contributed by atoms with Crippen molar-refractivity contribution in [3.05, 3.63) is 138 Å². The number of fused-ring (bicyclic) bond motifs is 1. The lowest BCUT2D eigenvalue weighted by atomic mass is 9.95. The highest BCUT2D eigenvalue weighted by Crippen LogP contribution is 2.34. The van der Waals surface area contributed by atoms with E-state index in [1.54, 1.807) is 84.0 Å². The Hall–Kier alpha value is -6.09. The molecule has 9 heteroatoms. The first-order valence-electron chi connectivity index (χ1n) is 14.9. The van der Waals surface area contributed by atoms with Gasteiger partial charge in [-0.25, -0.2) is 0 Å². The Kier molecular flexibility index (Phi) is 8.64. The van der Waals surface area contributed by atoms with Gasteiger partial charge in [0.1, 0.15) is 6.54 Å². The van der Waals surface area contributed by atoms with E-state index in [-0.39, 0.29) is 43.1 Å². The molecule has 1 aliphatic heterocycles. The molecule has 0 spiro atoms. The van der Waals surface area contributed by atoms with E-state index in [9.17, 15) is 19.2 Å². The van der Waals surface area contributed by atoms with Gasteiger partial charge in [0.15, 0.2) is 0 Å². The fraction of sp³-hybridized carbons (Fsp3) is 0.108. The summed E-state index contributed by atoms with van der Waals surface area (Å²) < 4.78 is 0. The molecule has 2 heterocycles. The molecular weight excluding hydrogens is 578 g/mol. The number of carbonyl (C=O) groups excluding carboxylic acids is 4. The van der Waals surface area contributed by atoms with E-state index in [0.717, 1.165) is 16.7 Å². The van der Waals surface area contributed by atoms with Crippen molar-refractivity contribution in [1.29, 1.82) is 0 Å². The Balaban J connectivity index is 1.19. The number of anilines is 4. The van der Waals surface area contributed by atoms with Crippen molar-refractivity contribution in [2.75, 3.05) is 33.5 Å². The van der Waals surface area contributed by atoms with Gasteiger partial charge in [-0.1, -0.05) is 54.6 Å². The minimum atomic E-state index is -0.367. The minimum absolute atomic E-state index is 0.0391. The second-order valence-corrected chi connectivity index (χ2v) is 10.9. The molecule has 0 saturated carbocycles. The number of pyridine rings is 1. The molecule has 4 amide bonds. The molecule has 46 heavy (non-hydrogen) atoms. The summed E-state index contributed by atoms with van der Waals surface area (Å²) in [6.07, 6.45) is 3.17. The molecule has 0 saturated heterocycles. The molecule has 0 atom stereocenters. The second-order valence-electron chi connectivity index (χ2n) is 10.9. The van der Waals surface area contributed by atoms with E-state index in [1.807, 2.05) is 49.4 Å². The second kappa shape index (κ2) is 13.3. The Labute approximate surface area is 266 Å². The number of rotatable bonds is 7. The molecule has 1 aromatic heterocycles. The lowest BCUT2D eigenvalue weighted by Crippen LogP contribution is -2.37. The van der Waals surface area contributed by atoms with Crippen molar-refractivity contribution in [3.63, 3.8) is 0 Å². The molecule has 5 aromatic rings. The summed E-state index contributed by atoms with van der Waals surface area (Å²) in [6.45, 7) is 1.95. The zero-order valence-electron chi connectivity index (χ0n) is 25.1. The number of carbonyl (C=O) groups is 4. The highest BCUT2D eigenvalue weighted by molar-refractivity contribution is 6.13. The molecular formula is C37H31N5O4. The molecule has 6 rings (SSSR count). The van der Waals surface area contributed by atoms with Crippen LogP contribution in [0.1, 0.15) is 32.7 Å². The van der Waals surface area contributed by atoms with Gasteiger partial charge in [0.2, 0.25) is 11.8 Å². The van der Waals surface area contributed by atoms with Crippen LogP contribution in [0.3, 0.4) is 0 Å². The van der Waals surface area contributed by atoms with Crippen molar-refractivity contribution in [2.45, 2.75) is 13.3 Å². The third-order valence-corrected chi connectivity index (χ3v) is 7.82. The van der Waals surface area contributed by atoms with Gasteiger partial charge in [-0.2, -0.15) is 0 Å². The Morgan fingerprint density at radius 3 is 2.09 bits per heavy atom. The molecule has 0 radical (unpaired) electrons. The minimum Gasteiger partial charge on any atom is -0.324 e. The van der Waals surface area contributed by atoms with Gasteiger partial charge < -0.3 is 20.4 Å². The third-order valence-electron chi connectivity index (χ3n) is 7.82. The fourth-order valence-corrected chi connectivity index (χ4v) is 5.52. The lowest BCUT2D eigenvalue weighted by Gasteiger charge is -2.25. The molecule has 1 aliphatic rings. The summed E-state index contributed by atoms with van der Waals surface area (Å²) in [5, 5.41) is 5.73. The summed E-state index contributed by atoms with van der Waals surface area (Å²) >= 11 is 0. The van der Waals surface area contributed by atoms with Gasteiger partial charge in [-0.05, 0) is 78.2 Å². The van der Waals surface area contributed by atoms with Crippen LogP contribution in [-0.2, 0) is 9.59 Å². The summed E-state index contributed by atoms with van der Waals surface area (Å²) in [4.78, 5) is 60.1. The van der Waals surface area contributed by atoms with Crippen molar-refractivity contribution >= 4 is 46.4 Å². The number of hydrogen-bond donors (Lipinski definition) is 2. The average Bonchev–Trinajstić information content (AvgIpc) is 3.21. The molecule has 0 bridgehead atoms. The van der Waals surface area contributed by atoms with Gasteiger partial charge in [0, 0.05) is 47.9 Å². The molecule has 0 fully saturated rings. The number of nitrogens with zero attached hydrogens (tertiary/aromatic N) is 3. The van der Waals surface area contributed by atoms with Gasteiger partial charge >= 0.3 is 0 Å². The highest BCUT2D eigenvalue weighted by Gasteiger charge is 2.31. The maximum atomic E-state index is 13.8. The first-order chi connectivity index (χ1) is 22.4. The summed E-state index contributed by atoms with van der Waals surface area (Å²) in [5.41, 5.74) is 5.94. The topological polar surface area (TPSA) is 112 Å². The molecule has 0 aliphatic carbocycles. The predicted molar refractivity (Wildman–Crippen MR) is 179 cm³/mol. The summed E-state index contributed by atoms with van der Waals surface area (Å²) in [7, 11) is 0. The molecule has 9 nitrogen and oxygen atoms in total. The zero-order chi connectivity index (χ0) is 32.0. The first kappa shape index (κ1) is 30.0. The molecule has 228 valence electrons. The van der Waals surface area contributed by atoms with Crippen LogP contribution in [0.25, 0.3) is 11.1 Å². The monoisotopic (exact) mass is 609 g/mol. The molecule has 4 aromatic carbocycles. The smallest absolute Gasteiger partial charge is 0.258 e. The predicted octanol–water partition coefficient (Wildman–Crippen LogP) is 6.33. The van der Waals surface area contributed by atoms with E-state index in [4.69, 9.17) is 0 Å². The summed E-state index contributed by atoms with van der Waals surface area (Å²) in [5.74, 6) is -1.19. The van der Waals surface area contributed by atoms with Crippen molar-refractivity contribution < 1.29 is 19.2 Å². The van der Waals surface area contributed by atoms with E-state index in [0.29, 0.717) is 33.9 Å². The normalized spacial score (nSPS) is 12.6. The quantitative estimate of drug-likeness (QED) is 0.224. The van der Waals surface area contributed by atoms with Crippen molar-refractivity contribution in [3.8, 4) is 11.1 Å². The van der Waals surface area contributed by atoms with Crippen LogP contribution in [-0.4, -0.2) is 41.7 Å². The van der Waals surface area contributed by atoms with Gasteiger partial charge in [0.05, 0.1) is 11.4 Å². The zero-order valence-corrected chi connectivity index (χ0v) is 25.1. The van der Waals surface area contributed by atoms with E-state index in [2.05, 4.69) is 15.6 Å². The van der Waals surface area contributed by atoms with Crippen LogP contribution in [0.5, 0.6) is 0 Å². The number of nitrogens with one attached hydrogen (secondary N) is 2. The first-order valence-corrected chi connectivity index (χ1v) is 14.9. The molecule has 2 N–H and O–H groups in total. The standard InChI is InChI=1S/C37H31N5O4/c1-25-8-2-3-9-29(25)30-10-4-5-11-31(30)36(45)40-27-16-14-26(15-17-27)37(46)41-23-20-35(44)42(33-13-7-6-12-32(33)41)24-34(43)39-28-18-21-38-22-19-28/h2-19,21-22H,20,23-24H2,1H3,(H,40,45)(H,38,39,43). The average molecular weight is 610 g/mol. The van der Waals surface area contributed by atoms with Crippen LogP contribution in [0.4, 0.5) is 22.7 Å². The van der Waals surface area contributed by atoms with Crippen LogP contribution >= 0.6 is 0 Å². The summed E-state index contributed by atoms with van der Waals surface area (Å²) in [6, 6.07) is 32.4. The van der Waals surface area contributed by atoms with Gasteiger partial charge in [0.25, 0.3) is 11.8 Å². The number of amides is 4. The molecule has 0 unspecified atom stereocenters. The highest BCUT2D eigenvalue weighted by atomic mass is 16.2. The Morgan fingerprint density at radius 2 is 1.35 bits per heavy atom. The fourth-order valence-electron chi connectivity index (χ4n) is 5.52. The van der Waals surface area contributed by atoms with E-state index in [1.165, 1.54) is 4.90 Å². The van der Waals surface area contributed by atoms with Crippen LogP contribution in [0.2, 0.25) is 0 Å². The van der Waals surface area contributed by atoms with Crippen molar-refractivity contribution in [2.24, 2.45) is 0 Å². The van der Waals surface area contributed by atoms with Gasteiger partial charge in [-0.15, -0.1) is 0 Å². The Bertz CT molecular complexity index is 1920. The SMILES string of the molecule is Cc1ccccc1-c1ccccc1C(=O)Nc1ccc(C(=O)N2CCC(=O)N(CC(=O)Nc3ccncc3)c3ccccc32)cc1. The number of aryl methyl sites for hydroxylation is 1. The largest absolute Gasteiger partial charge is 0.324 e.